The summed E-state index contributed by atoms with van der Waals surface area (Å²) in [6.45, 7) is 8.77. The molecule has 12 rings (SSSR count). The molecule has 9 aromatic rings. The standard InChI is InChI=1S/2C18H23N5O3.C10H12N4O2.C8H12BrNO/c2*1-12-9-14(26-20-12)5-3-4-8-22-17(24)16-15(21(2)18(22)25)10-19-23(16)11-13-6-7-13;1-13-7-4-11-14(5-6-2-3-6)8(7)9(15)12-10(13)16;1-7-6-8(11-10-7)4-2-3-5-9/h2*9-10,13H,3-8,11H2,1-2H3;4,6H,2-3,5H2,1H3,(H,12,15,16);6H,2-5H2,1H3. The smallest absolute Gasteiger partial charge is 0.331 e. The fourth-order valence-corrected chi connectivity index (χ4v) is 9.86. The van der Waals surface area contributed by atoms with Gasteiger partial charge in [0, 0.05) is 96.7 Å². The number of fused-ring (bicyclic) bond motifs is 3. The molecule has 422 valence electrons. The maximum Gasteiger partial charge on any atom is 0.331 e. The summed E-state index contributed by atoms with van der Waals surface area (Å²) < 4.78 is 27.8. The van der Waals surface area contributed by atoms with Crippen molar-refractivity contribution in [1.29, 1.82) is 0 Å². The number of nitrogens with zero attached hydrogens (tertiary/aromatic N) is 14. The minimum absolute atomic E-state index is 0.239. The predicted octanol–water partition coefficient (Wildman–Crippen LogP) is 5.79. The first-order valence-electron chi connectivity index (χ1n) is 27.4. The lowest BCUT2D eigenvalue weighted by Gasteiger charge is -2.09. The second-order valence-corrected chi connectivity index (χ2v) is 22.1. The number of nitrogens with one attached hydrogen (secondary N) is 1. The first-order valence-corrected chi connectivity index (χ1v) is 28.5. The van der Waals surface area contributed by atoms with E-state index in [2.05, 4.69) is 51.7 Å². The molecule has 0 saturated heterocycles. The molecule has 79 heavy (non-hydrogen) atoms. The van der Waals surface area contributed by atoms with Gasteiger partial charge in [-0.2, -0.15) is 15.3 Å². The van der Waals surface area contributed by atoms with Crippen molar-refractivity contribution in [2.75, 3.05) is 5.33 Å². The first kappa shape index (κ1) is 56.3. The zero-order chi connectivity index (χ0) is 55.9. The largest absolute Gasteiger partial charge is 0.361 e. The van der Waals surface area contributed by atoms with Crippen molar-refractivity contribution in [3.8, 4) is 0 Å². The summed E-state index contributed by atoms with van der Waals surface area (Å²) >= 11 is 3.38. The third-order valence-corrected chi connectivity index (χ3v) is 15.1. The monoisotopic (exact) mass is 1150 g/mol. The van der Waals surface area contributed by atoms with Crippen LogP contribution in [0.3, 0.4) is 0 Å². The van der Waals surface area contributed by atoms with E-state index in [-0.39, 0.29) is 28.1 Å². The molecule has 25 heteroatoms. The normalized spacial score (nSPS) is 14.1. The van der Waals surface area contributed by atoms with E-state index >= 15 is 0 Å². The number of hydrogen-bond donors (Lipinski definition) is 1. The molecule has 24 nitrogen and oxygen atoms in total. The zero-order valence-corrected chi connectivity index (χ0v) is 47.4. The molecule has 0 unspecified atom stereocenters. The van der Waals surface area contributed by atoms with Crippen LogP contribution in [0.15, 0.2) is 79.1 Å². The first-order chi connectivity index (χ1) is 38.1. The lowest BCUT2D eigenvalue weighted by atomic mass is 10.2. The summed E-state index contributed by atoms with van der Waals surface area (Å²) in [7, 11) is 5.02. The van der Waals surface area contributed by atoms with Crippen molar-refractivity contribution in [3.63, 3.8) is 0 Å². The summed E-state index contributed by atoms with van der Waals surface area (Å²) in [4.78, 5) is 76.3. The minimum Gasteiger partial charge on any atom is -0.361 e. The van der Waals surface area contributed by atoms with Gasteiger partial charge in [-0.1, -0.05) is 31.4 Å². The number of H-pyrrole nitrogens is 1. The van der Waals surface area contributed by atoms with E-state index in [1.54, 1.807) is 53.8 Å². The maximum absolute atomic E-state index is 12.9. The van der Waals surface area contributed by atoms with E-state index in [9.17, 15) is 28.8 Å². The number of aryl methyl sites for hydroxylation is 9. The Hall–Kier alpha value is -7.44. The number of alkyl halides is 1. The van der Waals surface area contributed by atoms with Crippen LogP contribution in [0.4, 0.5) is 0 Å². The number of aromatic amines is 1. The Balaban J connectivity index is 0.000000134. The van der Waals surface area contributed by atoms with Crippen LogP contribution in [0.25, 0.3) is 33.1 Å². The van der Waals surface area contributed by atoms with Crippen molar-refractivity contribution < 1.29 is 13.6 Å². The number of aromatic nitrogens is 15. The predicted molar refractivity (Wildman–Crippen MR) is 299 cm³/mol. The zero-order valence-electron chi connectivity index (χ0n) is 45.9. The molecule has 9 heterocycles. The Morgan fingerprint density at radius 1 is 0.506 bits per heavy atom. The molecule has 9 aromatic heterocycles. The Labute approximate surface area is 461 Å². The molecule has 3 fully saturated rings. The van der Waals surface area contributed by atoms with Gasteiger partial charge in [0.05, 0.1) is 52.2 Å². The lowest BCUT2D eigenvalue weighted by Crippen LogP contribution is -2.39. The molecule has 3 aliphatic rings. The summed E-state index contributed by atoms with van der Waals surface area (Å²) in [6, 6.07) is 5.82. The number of unbranched alkanes of at least 4 members (excludes halogenated alkanes) is 3. The Morgan fingerprint density at radius 3 is 1.20 bits per heavy atom. The van der Waals surface area contributed by atoms with E-state index in [1.807, 2.05) is 39.0 Å². The van der Waals surface area contributed by atoms with Crippen LogP contribution in [-0.4, -0.2) is 78.0 Å². The van der Waals surface area contributed by atoms with E-state index in [0.29, 0.717) is 63.9 Å². The topological polar surface area (TPSA) is 274 Å². The van der Waals surface area contributed by atoms with Crippen LogP contribution in [-0.2, 0) is 73.1 Å². The molecule has 3 saturated carbocycles. The molecule has 0 atom stereocenters. The van der Waals surface area contributed by atoms with Gasteiger partial charge in [0.15, 0.2) is 16.6 Å². The van der Waals surface area contributed by atoms with Gasteiger partial charge in [-0.3, -0.25) is 56.2 Å². The quantitative estimate of drug-likeness (QED) is 0.0699. The summed E-state index contributed by atoms with van der Waals surface area (Å²) in [5.74, 6) is 4.52. The average Bonchev–Trinajstić information content (AvgIpc) is 4.53. The molecule has 0 radical (unpaired) electrons. The van der Waals surface area contributed by atoms with Gasteiger partial charge in [-0.15, -0.1) is 0 Å². The van der Waals surface area contributed by atoms with E-state index in [0.717, 1.165) is 104 Å². The van der Waals surface area contributed by atoms with Crippen molar-refractivity contribution >= 4 is 49.0 Å². The summed E-state index contributed by atoms with van der Waals surface area (Å²) in [6.07, 6.45) is 19.9. The third-order valence-electron chi connectivity index (χ3n) is 14.5. The highest BCUT2D eigenvalue weighted by molar-refractivity contribution is 9.09. The van der Waals surface area contributed by atoms with Crippen molar-refractivity contribution in [3.05, 3.63) is 134 Å². The van der Waals surface area contributed by atoms with Crippen LogP contribution in [0.2, 0.25) is 0 Å². The van der Waals surface area contributed by atoms with Crippen molar-refractivity contribution in [2.45, 2.75) is 150 Å². The summed E-state index contributed by atoms with van der Waals surface area (Å²) in [5.41, 5.74) is 4.25. The van der Waals surface area contributed by atoms with Gasteiger partial charge in [-0.05, 0) is 116 Å². The highest BCUT2D eigenvalue weighted by Gasteiger charge is 2.27. The van der Waals surface area contributed by atoms with E-state index in [1.165, 1.54) is 74.2 Å². The van der Waals surface area contributed by atoms with Gasteiger partial charge in [0.25, 0.3) is 16.7 Å². The second kappa shape index (κ2) is 25.1. The average molecular weight is 1150 g/mol. The molecular formula is C54H70BrN15O9. The van der Waals surface area contributed by atoms with Crippen molar-refractivity contribution in [1.82, 2.24) is 72.6 Å². The van der Waals surface area contributed by atoms with Gasteiger partial charge < -0.3 is 13.6 Å². The van der Waals surface area contributed by atoms with Gasteiger partial charge >= 0.3 is 17.1 Å². The second-order valence-electron chi connectivity index (χ2n) is 21.3. The van der Waals surface area contributed by atoms with Gasteiger partial charge in [0.1, 0.15) is 17.3 Å². The Kier molecular flexibility index (Phi) is 17.9. The number of hydrogen-bond acceptors (Lipinski definition) is 15. The minimum atomic E-state index is -0.400. The highest BCUT2D eigenvalue weighted by Crippen LogP contribution is 2.32. The lowest BCUT2D eigenvalue weighted by molar-refractivity contribution is 0.374. The molecule has 0 bridgehead atoms. The van der Waals surface area contributed by atoms with E-state index < -0.39 is 5.69 Å². The van der Waals surface area contributed by atoms with Gasteiger partial charge in [-0.25, -0.2) is 14.4 Å². The fraction of sp³-hybridized carbons (Fsp3) is 0.556. The molecule has 0 aromatic carbocycles. The number of rotatable bonds is 20. The van der Waals surface area contributed by atoms with Crippen LogP contribution in [0.1, 0.15) is 111 Å². The van der Waals surface area contributed by atoms with E-state index in [4.69, 9.17) is 13.6 Å². The summed E-state index contributed by atoms with van der Waals surface area (Å²) in [5, 5.41) is 25.5. The Bertz CT molecular complexity index is 3750. The molecule has 3 aliphatic carbocycles. The van der Waals surface area contributed by atoms with Gasteiger partial charge in [0.2, 0.25) is 0 Å². The number of halogens is 1. The molecule has 0 spiro atoms. The molecule has 1 N–H and O–H groups in total. The SMILES string of the molecule is Cc1cc(CCCCBr)on1.Cc1cc(CCCCn2c(=O)c3c(cnn3CC3CC3)n(C)c2=O)on1.Cc1cc(CCCCn2c(=O)c3c(cnn3CC3CC3)n(C)c2=O)on1.Cn1c(=O)[nH]c(=O)c2c1cnn2CC1CC1. The van der Waals surface area contributed by atoms with Crippen LogP contribution >= 0.6 is 15.9 Å². The maximum atomic E-state index is 12.9. The van der Waals surface area contributed by atoms with Crippen molar-refractivity contribution in [2.24, 2.45) is 38.9 Å². The van der Waals surface area contributed by atoms with Crippen LogP contribution < -0.4 is 33.7 Å². The molecule has 0 amide bonds. The Morgan fingerprint density at radius 2 is 0.861 bits per heavy atom. The fourth-order valence-electron chi connectivity index (χ4n) is 9.46. The van der Waals surface area contributed by atoms with Crippen LogP contribution in [0, 0.1) is 38.5 Å². The molecule has 0 aliphatic heterocycles. The third kappa shape index (κ3) is 13.9. The highest BCUT2D eigenvalue weighted by atomic mass is 79.9. The molecular weight excluding hydrogens is 1080 g/mol. The van der Waals surface area contributed by atoms with Crippen LogP contribution in [0.5, 0.6) is 0 Å².